The van der Waals surface area contributed by atoms with E-state index in [1.54, 1.807) is 18.2 Å². The van der Waals surface area contributed by atoms with Crippen LogP contribution < -0.4 is 10.9 Å². The van der Waals surface area contributed by atoms with Crippen molar-refractivity contribution in [3.05, 3.63) is 75.3 Å². The second kappa shape index (κ2) is 9.29. The van der Waals surface area contributed by atoms with Gasteiger partial charge in [-0.25, -0.2) is 0 Å². The molecule has 0 aliphatic rings. The number of nitrogens with one attached hydrogen (secondary N) is 2. The zero-order chi connectivity index (χ0) is 20.8. The molecule has 0 bridgehead atoms. The molecule has 0 fully saturated rings. The lowest BCUT2D eigenvalue weighted by atomic mass is 10.0. The number of aromatic amines is 1. The van der Waals surface area contributed by atoms with Gasteiger partial charge in [-0.3, -0.25) is 19.0 Å². The first kappa shape index (κ1) is 20.5. The molecule has 2 N–H and O–H groups in total. The van der Waals surface area contributed by atoms with Crippen molar-refractivity contribution in [2.75, 3.05) is 7.11 Å². The lowest BCUT2D eigenvalue weighted by Crippen LogP contribution is -2.32. The summed E-state index contributed by atoms with van der Waals surface area (Å²) in [5.74, 6) is -0.718. The maximum absolute atomic E-state index is 12.7. The fourth-order valence-corrected chi connectivity index (χ4v) is 3.35. The first-order chi connectivity index (χ1) is 14.0. The zero-order valence-electron chi connectivity index (χ0n) is 15.9. The standard InChI is InChI=1S/C21H21N3O4S/c1-28-19(26)13-17(14-7-3-2-4-8-14)22-18(25)11-12-24-20(27)15-9-5-6-10-16(15)23-21(24)29/h2-10,17H,11-13H2,1H3,(H,22,25)(H,23,29). The molecule has 0 saturated carbocycles. The number of ether oxygens (including phenoxy) is 1. The molecule has 1 unspecified atom stereocenters. The molecule has 3 aromatic rings. The smallest absolute Gasteiger partial charge is 0.307 e. The number of nitrogens with zero attached hydrogens (tertiary/aromatic N) is 1. The number of carbonyl (C=O) groups excluding carboxylic acids is 2. The van der Waals surface area contributed by atoms with E-state index in [0.717, 1.165) is 5.56 Å². The number of methoxy groups -OCH3 is 1. The number of esters is 1. The van der Waals surface area contributed by atoms with E-state index < -0.39 is 12.0 Å². The summed E-state index contributed by atoms with van der Waals surface area (Å²) in [6.07, 6.45) is 0.0580. The third-order valence-corrected chi connectivity index (χ3v) is 4.91. The van der Waals surface area contributed by atoms with E-state index in [4.69, 9.17) is 17.0 Å². The number of amides is 1. The fraction of sp³-hybridized carbons (Fsp3) is 0.238. The Morgan fingerprint density at radius 2 is 1.83 bits per heavy atom. The van der Waals surface area contributed by atoms with Crippen LogP contribution in [0.4, 0.5) is 0 Å². The Kier molecular flexibility index (Phi) is 6.56. The Morgan fingerprint density at radius 3 is 2.55 bits per heavy atom. The molecule has 1 atom stereocenters. The van der Waals surface area contributed by atoms with Crippen molar-refractivity contribution in [1.82, 2.24) is 14.9 Å². The third kappa shape index (κ3) is 4.97. The van der Waals surface area contributed by atoms with Gasteiger partial charge in [-0.05, 0) is 29.9 Å². The highest BCUT2D eigenvalue weighted by Crippen LogP contribution is 2.17. The molecule has 7 nitrogen and oxygen atoms in total. The van der Waals surface area contributed by atoms with E-state index >= 15 is 0 Å². The molecule has 150 valence electrons. The van der Waals surface area contributed by atoms with E-state index in [9.17, 15) is 14.4 Å². The van der Waals surface area contributed by atoms with Gasteiger partial charge in [0.1, 0.15) is 0 Å². The second-order valence-corrected chi connectivity index (χ2v) is 6.88. The van der Waals surface area contributed by atoms with Crippen molar-refractivity contribution in [2.45, 2.75) is 25.4 Å². The number of benzene rings is 2. The molecule has 3 rings (SSSR count). The minimum Gasteiger partial charge on any atom is -0.469 e. The minimum absolute atomic E-state index is 0.0161. The monoisotopic (exact) mass is 411 g/mol. The SMILES string of the molecule is COC(=O)CC(NC(=O)CCn1c(=S)[nH]c2ccccc2c1=O)c1ccccc1. The maximum Gasteiger partial charge on any atom is 0.307 e. The number of para-hydroxylation sites is 1. The van der Waals surface area contributed by atoms with E-state index in [0.29, 0.717) is 10.9 Å². The van der Waals surface area contributed by atoms with Crippen LogP contribution in [0.3, 0.4) is 0 Å². The van der Waals surface area contributed by atoms with Crippen LogP contribution in [0.2, 0.25) is 0 Å². The molecule has 1 amide bonds. The van der Waals surface area contributed by atoms with Gasteiger partial charge in [-0.1, -0.05) is 42.5 Å². The van der Waals surface area contributed by atoms with E-state index in [-0.39, 0.29) is 35.6 Å². The molecule has 0 aliphatic carbocycles. The van der Waals surface area contributed by atoms with Crippen molar-refractivity contribution in [1.29, 1.82) is 0 Å². The molecule has 0 saturated heterocycles. The minimum atomic E-state index is -0.515. The number of rotatable bonds is 7. The summed E-state index contributed by atoms with van der Waals surface area (Å²) in [5.41, 5.74) is 1.21. The molecule has 0 radical (unpaired) electrons. The van der Waals surface area contributed by atoms with E-state index in [1.807, 2.05) is 36.4 Å². The Morgan fingerprint density at radius 1 is 1.14 bits per heavy atom. The summed E-state index contributed by atoms with van der Waals surface area (Å²) in [6.45, 7) is 0.130. The van der Waals surface area contributed by atoms with Crippen molar-refractivity contribution in [3.63, 3.8) is 0 Å². The highest BCUT2D eigenvalue weighted by atomic mass is 32.1. The average Bonchev–Trinajstić information content (AvgIpc) is 2.73. The lowest BCUT2D eigenvalue weighted by molar-refractivity contribution is -0.141. The van der Waals surface area contributed by atoms with Gasteiger partial charge in [0.2, 0.25) is 5.91 Å². The Bertz CT molecular complexity index is 1140. The molecular formula is C21H21N3O4S. The highest BCUT2D eigenvalue weighted by molar-refractivity contribution is 7.71. The van der Waals surface area contributed by atoms with Gasteiger partial charge < -0.3 is 15.0 Å². The molecule has 29 heavy (non-hydrogen) atoms. The molecule has 2 aromatic carbocycles. The number of hydrogen-bond acceptors (Lipinski definition) is 5. The first-order valence-corrected chi connectivity index (χ1v) is 9.53. The first-order valence-electron chi connectivity index (χ1n) is 9.12. The summed E-state index contributed by atoms with van der Waals surface area (Å²) < 4.78 is 6.36. The lowest BCUT2D eigenvalue weighted by Gasteiger charge is -2.18. The number of hydrogen-bond donors (Lipinski definition) is 2. The topological polar surface area (TPSA) is 93.2 Å². The fourth-order valence-electron chi connectivity index (χ4n) is 3.07. The summed E-state index contributed by atoms with van der Waals surface area (Å²) >= 11 is 5.27. The predicted molar refractivity (Wildman–Crippen MR) is 112 cm³/mol. The van der Waals surface area contributed by atoms with E-state index in [1.165, 1.54) is 11.7 Å². The van der Waals surface area contributed by atoms with Gasteiger partial charge in [0.15, 0.2) is 4.77 Å². The van der Waals surface area contributed by atoms with Crippen LogP contribution in [-0.2, 0) is 20.9 Å². The predicted octanol–water partition coefficient (Wildman–Crippen LogP) is 2.87. The Labute approximate surface area is 172 Å². The van der Waals surface area contributed by atoms with Crippen LogP contribution in [0.5, 0.6) is 0 Å². The van der Waals surface area contributed by atoms with Crippen LogP contribution in [0.15, 0.2) is 59.4 Å². The quantitative estimate of drug-likeness (QED) is 0.461. The van der Waals surface area contributed by atoms with Crippen LogP contribution in [0.25, 0.3) is 10.9 Å². The molecule has 0 spiro atoms. The number of fused-ring (bicyclic) bond motifs is 1. The summed E-state index contributed by atoms with van der Waals surface area (Å²) in [6, 6.07) is 15.7. The maximum atomic E-state index is 12.7. The second-order valence-electron chi connectivity index (χ2n) is 6.49. The zero-order valence-corrected chi connectivity index (χ0v) is 16.7. The number of aromatic nitrogens is 2. The molecule has 1 aromatic heterocycles. The summed E-state index contributed by atoms with van der Waals surface area (Å²) in [4.78, 5) is 39.9. The molecule has 0 aliphatic heterocycles. The third-order valence-electron chi connectivity index (χ3n) is 4.59. The van der Waals surface area contributed by atoms with Crippen molar-refractivity contribution in [3.8, 4) is 0 Å². The Hall–Kier alpha value is -3.26. The van der Waals surface area contributed by atoms with Crippen molar-refractivity contribution < 1.29 is 14.3 Å². The Balaban J connectivity index is 1.74. The number of carbonyl (C=O) groups is 2. The van der Waals surface area contributed by atoms with Crippen LogP contribution in [-0.4, -0.2) is 28.5 Å². The van der Waals surface area contributed by atoms with Crippen molar-refractivity contribution >= 4 is 35.0 Å². The normalized spacial score (nSPS) is 11.8. The van der Waals surface area contributed by atoms with Crippen LogP contribution >= 0.6 is 12.2 Å². The van der Waals surface area contributed by atoms with Gasteiger partial charge in [-0.2, -0.15) is 0 Å². The largest absolute Gasteiger partial charge is 0.469 e. The average molecular weight is 411 g/mol. The summed E-state index contributed by atoms with van der Waals surface area (Å²) in [7, 11) is 1.31. The molecular weight excluding hydrogens is 390 g/mol. The number of H-pyrrole nitrogens is 1. The van der Waals surface area contributed by atoms with Crippen molar-refractivity contribution in [2.24, 2.45) is 0 Å². The van der Waals surface area contributed by atoms with Gasteiger partial charge in [0.25, 0.3) is 5.56 Å². The molecule has 1 heterocycles. The highest BCUT2D eigenvalue weighted by Gasteiger charge is 2.19. The van der Waals surface area contributed by atoms with Gasteiger partial charge in [0, 0.05) is 13.0 Å². The molecule has 8 heteroatoms. The van der Waals surface area contributed by atoms with Crippen LogP contribution in [0.1, 0.15) is 24.4 Å². The van der Waals surface area contributed by atoms with Crippen LogP contribution in [0, 0.1) is 4.77 Å². The van der Waals surface area contributed by atoms with Gasteiger partial charge in [-0.15, -0.1) is 0 Å². The van der Waals surface area contributed by atoms with E-state index in [2.05, 4.69) is 10.3 Å². The van der Waals surface area contributed by atoms with Gasteiger partial charge >= 0.3 is 5.97 Å². The summed E-state index contributed by atoms with van der Waals surface area (Å²) in [5, 5.41) is 3.35. The van der Waals surface area contributed by atoms with Gasteiger partial charge in [0.05, 0.1) is 30.5 Å².